The number of fused-ring (bicyclic) bond motifs is 4. The molecule has 0 atom stereocenters. The Morgan fingerprint density at radius 2 is 1.35 bits per heavy atom. The number of nitriles is 1. The van der Waals surface area contributed by atoms with E-state index >= 15 is 0 Å². The van der Waals surface area contributed by atoms with Crippen molar-refractivity contribution in [1.82, 2.24) is 19.6 Å². The van der Waals surface area contributed by atoms with Crippen molar-refractivity contribution in [3.05, 3.63) is 108 Å². The van der Waals surface area contributed by atoms with Gasteiger partial charge in [-0.05, 0) is 68.4 Å². The van der Waals surface area contributed by atoms with Crippen molar-refractivity contribution >= 4 is 32.9 Å². The van der Waals surface area contributed by atoms with Gasteiger partial charge in [0.05, 0.1) is 28.2 Å². The van der Waals surface area contributed by atoms with E-state index in [1.807, 2.05) is 88.5 Å². The summed E-state index contributed by atoms with van der Waals surface area (Å²) in [5.41, 5.74) is 5.68. The van der Waals surface area contributed by atoms with Crippen molar-refractivity contribution in [3.63, 3.8) is 0 Å². The summed E-state index contributed by atoms with van der Waals surface area (Å²) in [7, 11) is 0. The van der Waals surface area contributed by atoms with Crippen LogP contribution in [0.15, 0.2) is 100 Å². The van der Waals surface area contributed by atoms with Gasteiger partial charge < -0.3 is 8.83 Å². The zero-order chi connectivity index (χ0) is 25.1. The number of benzene rings is 3. The molecule has 7 aromatic rings. The van der Waals surface area contributed by atoms with Crippen LogP contribution in [0.1, 0.15) is 31.0 Å². The fourth-order valence-electron chi connectivity index (χ4n) is 4.82. The van der Waals surface area contributed by atoms with E-state index in [1.165, 1.54) is 0 Å². The molecule has 0 spiro atoms. The van der Waals surface area contributed by atoms with E-state index < -0.39 is 5.41 Å². The Hall–Kier alpha value is -5.09. The zero-order valence-electron chi connectivity index (χ0n) is 20.2. The predicted octanol–water partition coefficient (Wildman–Crippen LogP) is 6.90. The normalized spacial score (nSPS) is 12.0. The largest absolute Gasteiger partial charge is 0.456 e. The smallest absolute Gasteiger partial charge is 0.204 e. The lowest BCUT2D eigenvalue weighted by Crippen LogP contribution is -2.21. The van der Waals surface area contributed by atoms with Crippen LogP contribution in [0.4, 0.5) is 0 Å². The van der Waals surface area contributed by atoms with E-state index in [-0.39, 0.29) is 0 Å². The van der Waals surface area contributed by atoms with E-state index in [2.05, 4.69) is 26.0 Å². The highest BCUT2D eigenvalue weighted by molar-refractivity contribution is 6.05. The first-order valence-electron chi connectivity index (χ1n) is 12.0. The third-order valence-electron chi connectivity index (χ3n) is 6.96. The van der Waals surface area contributed by atoms with Gasteiger partial charge in [0.15, 0.2) is 0 Å². The van der Waals surface area contributed by atoms with E-state index in [0.29, 0.717) is 11.3 Å². The molecule has 4 heterocycles. The standard InChI is InChI=1S/C30H21N5O2/c1-30(2,28-11-13-34(32-28)20-7-9-25-19(15-20)16-22(18-31)36-25)29-12-14-35(33-29)21-8-10-27-24(17-21)23-5-3-4-6-26(23)37-27/h3-17H,1-2H3. The molecule has 0 N–H and O–H groups in total. The summed E-state index contributed by atoms with van der Waals surface area (Å²) in [6, 6.07) is 27.8. The van der Waals surface area contributed by atoms with Gasteiger partial charge in [-0.2, -0.15) is 15.5 Å². The van der Waals surface area contributed by atoms with Crippen LogP contribution in [-0.2, 0) is 5.41 Å². The van der Waals surface area contributed by atoms with Gasteiger partial charge in [-0.1, -0.05) is 18.2 Å². The van der Waals surface area contributed by atoms with Gasteiger partial charge >= 0.3 is 0 Å². The van der Waals surface area contributed by atoms with Crippen molar-refractivity contribution in [1.29, 1.82) is 5.26 Å². The van der Waals surface area contributed by atoms with Gasteiger partial charge in [-0.15, -0.1) is 0 Å². The zero-order valence-corrected chi connectivity index (χ0v) is 20.2. The summed E-state index contributed by atoms with van der Waals surface area (Å²) in [4.78, 5) is 0. The monoisotopic (exact) mass is 483 g/mol. The Balaban J connectivity index is 1.21. The van der Waals surface area contributed by atoms with Crippen molar-refractivity contribution in [2.45, 2.75) is 19.3 Å². The summed E-state index contributed by atoms with van der Waals surface area (Å²) in [6.07, 6.45) is 3.93. The number of aromatic nitrogens is 4. The minimum Gasteiger partial charge on any atom is -0.456 e. The van der Waals surface area contributed by atoms with Crippen molar-refractivity contribution in [2.24, 2.45) is 0 Å². The van der Waals surface area contributed by atoms with Gasteiger partial charge in [0.25, 0.3) is 0 Å². The van der Waals surface area contributed by atoms with Crippen LogP contribution in [0.25, 0.3) is 44.3 Å². The number of para-hydroxylation sites is 1. The second kappa shape index (κ2) is 7.70. The third kappa shape index (κ3) is 3.34. The summed E-state index contributed by atoms with van der Waals surface area (Å²) >= 11 is 0. The Kier molecular flexibility index (Phi) is 4.42. The molecule has 0 saturated heterocycles. The lowest BCUT2D eigenvalue weighted by Gasteiger charge is -2.19. The lowest BCUT2D eigenvalue weighted by molar-refractivity contribution is 0.576. The maximum atomic E-state index is 9.11. The van der Waals surface area contributed by atoms with Crippen molar-refractivity contribution in [2.75, 3.05) is 0 Å². The molecule has 0 aliphatic heterocycles. The van der Waals surface area contributed by atoms with Crippen LogP contribution in [-0.4, -0.2) is 19.6 Å². The number of furan rings is 2. The van der Waals surface area contributed by atoms with Gasteiger partial charge in [-0.25, -0.2) is 9.36 Å². The summed E-state index contributed by atoms with van der Waals surface area (Å²) in [5, 5.41) is 21.9. The molecule has 0 amide bonds. The summed E-state index contributed by atoms with van der Waals surface area (Å²) in [6.45, 7) is 4.25. The molecule has 0 radical (unpaired) electrons. The maximum Gasteiger partial charge on any atom is 0.204 e. The second-order valence-electron chi connectivity index (χ2n) is 9.64. The number of hydrogen-bond donors (Lipinski definition) is 0. The van der Waals surface area contributed by atoms with Crippen LogP contribution >= 0.6 is 0 Å². The highest BCUT2D eigenvalue weighted by Crippen LogP contribution is 2.32. The molecule has 0 aliphatic rings. The molecule has 7 heteroatoms. The Bertz CT molecular complexity index is 1990. The van der Waals surface area contributed by atoms with Crippen LogP contribution in [0.5, 0.6) is 0 Å². The Morgan fingerprint density at radius 3 is 2.08 bits per heavy atom. The quantitative estimate of drug-likeness (QED) is 0.272. The summed E-state index contributed by atoms with van der Waals surface area (Å²) < 4.78 is 15.2. The molecular formula is C30H21N5O2. The van der Waals surface area contributed by atoms with E-state index in [1.54, 1.807) is 6.07 Å². The predicted molar refractivity (Wildman–Crippen MR) is 141 cm³/mol. The minimum absolute atomic E-state index is 0.296. The first kappa shape index (κ1) is 21.2. The molecule has 3 aromatic carbocycles. The molecule has 0 aliphatic carbocycles. The van der Waals surface area contributed by atoms with Gasteiger partial charge in [0.1, 0.15) is 22.8 Å². The minimum atomic E-state index is -0.420. The van der Waals surface area contributed by atoms with Crippen LogP contribution in [0.3, 0.4) is 0 Å². The van der Waals surface area contributed by atoms with E-state index in [0.717, 1.165) is 50.1 Å². The maximum absolute atomic E-state index is 9.11. The van der Waals surface area contributed by atoms with Crippen LogP contribution in [0, 0.1) is 11.3 Å². The summed E-state index contributed by atoms with van der Waals surface area (Å²) in [5.74, 6) is 0.296. The number of nitrogens with zero attached hydrogens (tertiary/aromatic N) is 5. The van der Waals surface area contributed by atoms with Gasteiger partial charge in [0.2, 0.25) is 5.76 Å². The lowest BCUT2D eigenvalue weighted by atomic mass is 9.86. The Labute approximate surface area is 211 Å². The molecule has 7 rings (SSSR count). The molecule has 0 unspecified atom stereocenters. The number of rotatable bonds is 4. The van der Waals surface area contributed by atoms with Crippen LogP contribution in [0.2, 0.25) is 0 Å². The third-order valence-corrected chi connectivity index (χ3v) is 6.96. The topological polar surface area (TPSA) is 85.7 Å². The average Bonchev–Trinajstić information content (AvgIpc) is 3.71. The molecule has 7 nitrogen and oxygen atoms in total. The van der Waals surface area contributed by atoms with E-state index in [9.17, 15) is 0 Å². The first-order chi connectivity index (χ1) is 18.0. The molecule has 37 heavy (non-hydrogen) atoms. The van der Waals surface area contributed by atoms with E-state index in [4.69, 9.17) is 24.3 Å². The highest BCUT2D eigenvalue weighted by Gasteiger charge is 2.29. The SMILES string of the molecule is CC(C)(c1ccn(-c2ccc3oc(C#N)cc3c2)n1)c1ccn(-c2ccc3oc4ccccc4c3c2)n1. The molecule has 0 fully saturated rings. The number of hydrogen-bond acceptors (Lipinski definition) is 5. The van der Waals surface area contributed by atoms with Crippen LogP contribution < -0.4 is 0 Å². The molecule has 0 bridgehead atoms. The fraction of sp³-hybridized carbons (Fsp3) is 0.100. The average molecular weight is 484 g/mol. The Morgan fingerprint density at radius 1 is 0.703 bits per heavy atom. The van der Waals surface area contributed by atoms with Crippen molar-refractivity contribution in [3.8, 4) is 17.4 Å². The van der Waals surface area contributed by atoms with Gasteiger partial charge in [-0.3, -0.25) is 0 Å². The molecular weight excluding hydrogens is 462 g/mol. The fourth-order valence-corrected chi connectivity index (χ4v) is 4.82. The highest BCUT2D eigenvalue weighted by atomic mass is 16.3. The molecule has 178 valence electrons. The second-order valence-corrected chi connectivity index (χ2v) is 9.64. The first-order valence-corrected chi connectivity index (χ1v) is 12.0. The molecule has 4 aromatic heterocycles. The van der Waals surface area contributed by atoms with Crippen molar-refractivity contribution < 1.29 is 8.83 Å². The van der Waals surface area contributed by atoms with Gasteiger partial charge in [0, 0.05) is 34.6 Å². The molecule has 0 saturated carbocycles.